The SMILES string of the molecule is CC(C)(C)SCCOc1cccc(Cl)c1C(=O)O. The van der Waals surface area contributed by atoms with Crippen molar-refractivity contribution in [1.29, 1.82) is 0 Å². The molecule has 5 heteroatoms. The fourth-order valence-corrected chi connectivity index (χ4v) is 2.36. The lowest BCUT2D eigenvalue weighted by Crippen LogP contribution is -2.12. The molecule has 0 saturated carbocycles. The number of carboxylic acids is 1. The van der Waals surface area contributed by atoms with Gasteiger partial charge in [-0.25, -0.2) is 4.79 Å². The largest absolute Gasteiger partial charge is 0.492 e. The average molecular weight is 289 g/mol. The van der Waals surface area contributed by atoms with E-state index in [-0.39, 0.29) is 15.3 Å². The van der Waals surface area contributed by atoms with Gasteiger partial charge < -0.3 is 9.84 Å². The second-order valence-electron chi connectivity index (χ2n) is 4.73. The van der Waals surface area contributed by atoms with Crippen molar-refractivity contribution < 1.29 is 14.6 Å². The van der Waals surface area contributed by atoms with Gasteiger partial charge in [0, 0.05) is 10.5 Å². The first kappa shape index (κ1) is 15.2. The molecule has 0 saturated heterocycles. The molecular formula is C13H17ClO3S. The van der Waals surface area contributed by atoms with Gasteiger partial charge in [-0.3, -0.25) is 0 Å². The third kappa shape index (κ3) is 4.78. The lowest BCUT2D eigenvalue weighted by Gasteiger charge is -2.17. The van der Waals surface area contributed by atoms with Gasteiger partial charge in [0.2, 0.25) is 0 Å². The number of hydrogen-bond acceptors (Lipinski definition) is 3. The summed E-state index contributed by atoms with van der Waals surface area (Å²) in [4.78, 5) is 11.1. The first-order valence-corrected chi connectivity index (χ1v) is 6.96. The monoisotopic (exact) mass is 288 g/mol. The molecule has 1 rings (SSSR count). The van der Waals surface area contributed by atoms with Crippen LogP contribution in [0.4, 0.5) is 0 Å². The Kier molecular flexibility index (Phi) is 5.35. The molecule has 0 spiro atoms. The maximum atomic E-state index is 11.1. The molecule has 1 N–H and O–H groups in total. The highest BCUT2D eigenvalue weighted by Gasteiger charge is 2.16. The number of ether oxygens (including phenoxy) is 1. The molecule has 1 aromatic rings. The van der Waals surface area contributed by atoms with E-state index in [9.17, 15) is 4.79 Å². The van der Waals surface area contributed by atoms with Crippen molar-refractivity contribution in [3.63, 3.8) is 0 Å². The fraction of sp³-hybridized carbons (Fsp3) is 0.462. The number of rotatable bonds is 5. The van der Waals surface area contributed by atoms with Crippen molar-refractivity contribution in [2.45, 2.75) is 25.5 Å². The fourth-order valence-electron chi connectivity index (χ4n) is 1.33. The Labute approximate surface area is 116 Å². The van der Waals surface area contributed by atoms with Crippen molar-refractivity contribution in [3.8, 4) is 5.75 Å². The predicted octanol–water partition coefficient (Wildman–Crippen LogP) is 3.95. The van der Waals surface area contributed by atoms with Crippen molar-refractivity contribution >= 4 is 29.3 Å². The third-order valence-corrected chi connectivity index (χ3v) is 3.62. The predicted molar refractivity (Wildman–Crippen MR) is 76.1 cm³/mol. The van der Waals surface area contributed by atoms with Crippen molar-refractivity contribution in [3.05, 3.63) is 28.8 Å². The summed E-state index contributed by atoms with van der Waals surface area (Å²) in [5, 5.41) is 9.26. The molecule has 0 aliphatic rings. The molecule has 0 aliphatic carbocycles. The van der Waals surface area contributed by atoms with E-state index in [2.05, 4.69) is 20.8 Å². The Morgan fingerprint density at radius 3 is 2.67 bits per heavy atom. The van der Waals surface area contributed by atoms with Crippen LogP contribution in [0.2, 0.25) is 5.02 Å². The molecular weight excluding hydrogens is 272 g/mol. The minimum absolute atomic E-state index is 0.0277. The van der Waals surface area contributed by atoms with Gasteiger partial charge in [0.05, 0.1) is 11.6 Å². The summed E-state index contributed by atoms with van der Waals surface area (Å²) in [7, 11) is 0. The number of benzene rings is 1. The van der Waals surface area contributed by atoms with Crippen molar-refractivity contribution in [2.75, 3.05) is 12.4 Å². The van der Waals surface area contributed by atoms with Crippen LogP contribution in [0.15, 0.2) is 18.2 Å². The molecule has 0 unspecified atom stereocenters. The van der Waals surface area contributed by atoms with E-state index < -0.39 is 5.97 Å². The normalized spacial score (nSPS) is 11.3. The summed E-state index contributed by atoms with van der Waals surface area (Å²) in [5.74, 6) is 0.0540. The Bertz CT molecular complexity index is 427. The highest BCUT2D eigenvalue weighted by atomic mass is 35.5. The summed E-state index contributed by atoms with van der Waals surface area (Å²) in [6.45, 7) is 6.84. The minimum atomic E-state index is -1.07. The highest BCUT2D eigenvalue weighted by molar-refractivity contribution is 8.00. The van der Waals surface area contributed by atoms with E-state index in [1.54, 1.807) is 30.0 Å². The summed E-state index contributed by atoms with van der Waals surface area (Å²) in [5.41, 5.74) is 0.0277. The summed E-state index contributed by atoms with van der Waals surface area (Å²) >= 11 is 7.61. The van der Waals surface area contributed by atoms with E-state index in [0.29, 0.717) is 12.4 Å². The number of hydrogen-bond donors (Lipinski definition) is 1. The Morgan fingerprint density at radius 2 is 2.11 bits per heavy atom. The molecule has 0 bridgehead atoms. The van der Waals surface area contributed by atoms with Gasteiger partial charge in [-0.2, -0.15) is 11.8 Å². The lowest BCUT2D eigenvalue weighted by molar-refractivity contribution is 0.0693. The molecule has 0 aromatic heterocycles. The van der Waals surface area contributed by atoms with Crippen LogP contribution in [0.1, 0.15) is 31.1 Å². The third-order valence-electron chi connectivity index (χ3n) is 2.07. The zero-order valence-electron chi connectivity index (χ0n) is 10.7. The minimum Gasteiger partial charge on any atom is -0.492 e. The van der Waals surface area contributed by atoms with Gasteiger partial charge in [-0.15, -0.1) is 0 Å². The smallest absolute Gasteiger partial charge is 0.341 e. The first-order valence-electron chi connectivity index (χ1n) is 5.60. The van der Waals surface area contributed by atoms with Gasteiger partial charge >= 0.3 is 5.97 Å². The van der Waals surface area contributed by atoms with E-state index in [4.69, 9.17) is 21.4 Å². The molecule has 3 nitrogen and oxygen atoms in total. The Balaban J connectivity index is 2.63. The molecule has 0 fully saturated rings. The molecule has 0 heterocycles. The zero-order chi connectivity index (χ0) is 13.8. The molecule has 0 aliphatic heterocycles. The molecule has 100 valence electrons. The maximum Gasteiger partial charge on any atom is 0.341 e. The van der Waals surface area contributed by atoms with Crippen LogP contribution < -0.4 is 4.74 Å². The number of aromatic carboxylic acids is 1. The maximum absolute atomic E-state index is 11.1. The number of carbonyl (C=O) groups is 1. The summed E-state index contributed by atoms with van der Waals surface area (Å²) in [6.07, 6.45) is 0. The lowest BCUT2D eigenvalue weighted by atomic mass is 10.2. The van der Waals surface area contributed by atoms with Crippen LogP contribution in [0, 0.1) is 0 Å². The second-order valence-corrected chi connectivity index (χ2v) is 7.06. The van der Waals surface area contributed by atoms with Crippen LogP contribution in [-0.4, -0.2) is 28.2 Å². The van der Waals surface area contributed by atoms with E-state index in [1.807, 2.05) is 0 Å². The van der Waals surface area contributed by atoms with Gasteiger partial charge in [-0.05, 0) is 12.1 Å². The van der Waals surface area contributed by atoms with E-state index in [0.717, 1.165) is 5.75 Å². The molecule has 0 amide bonds. The van der Waals surface area contributed by atoms with Crippen molar-refractivity contribution in [1.82, 2.24) is 0 Å². The van der Waals surface area contributed by atoms with Crippen LogP contribution in [0.25, 0.3) is 0 Å². The number of halogens is 1. The Hall–Kier alpha value is -0.870. The van der Waals surface area contributed by atoms with E-state index in [1.165, 1.54) is 0 Å². The Morgan fingerprint density at radius 1 is 1.44 bits per heavy atom. The van der Waals surface area contributed by atoms with Gasteiger partial charge in [0.15, 0.2) is 0 Å². The van der Waals surface area contributed by atoms with Crippen LogP contribution >= 0.6 is 23.4 Å². The molecule has 0 atom stereocenters. The van der Waals surface area contributed by atoms with Gasteiger partial charge in [0.25, 0.3) is 0 Å². The van der Waals surface area contributed by atoms with Crippen molar-refractivity contribution in [2.24, 2.45) is 0 Å². The summed E-state index contributed by atoms with van der Waals surface area (Å²) < 4.78 is 5.66. The molecule has 18 heavy (non-hydrogen) atoms. The quantitative estimate of drug-likeness (QED) is 0.834. The highest BCUT2D eigenvalue weighted by Crippen LogP contribution is 2.27. The van der Waals surface area contributed by atoms with Gasteiger partial charge in [-0.1, -0.05) is 38.4 Å². The van der Waals surface area contributed by atoms with Crippen LogP contribution in [0.5, 0.6) is 5.75 Å². The molecule has 0 radical (unpaired) electrons. The van der Waals surface area contributed by atoms with Gasteiger partial charge in [0.1, 0.15) is 11.3 Å². The van der Waals surface area contributed by atoms with Crippen LogP contribution in [0.3, 0.4) is 0 Å². The second kappa shape index (κ2) is 6.34. The average Bonchev–Trinajstić information content (AvgIpc) is 2.22. The van der Waals surface area contributed by atoms with E-state index >= 15 is 0 Å². The first-order chi connectivity index (χ1) is 8.31. The zero-order valence-corrected chi connectivity index (χ0v) is 12.3. The van der Waals surface area contributed by atoms with Crippen LogP contribution in [-0.2, 0) is 0 Å². The standard InChI is InChI=1S/C13H17ClO3S/c1-13(2,3)18-8-7-17-10-6-4-5-9(14)11(10)12(15)16/h4-6H,7-8H2,1-3H3,(H,15,16). The number of thioether (sulfide) groups is 1. The summed E-state index contributed by atoms with van der Waals surface area (Å²) in [6, 6.07) is 4.85. The topological polar surface area (TPSA) is 46.5 Å². The number of carboxylic acid groups (broad SMARTS) is 1. The molecule has 1 aromatic carbocycles.